The average Bonchev–Trinajstić information content (AvgIpc) is 2.27. The van der Waals surface area contributed by atoms with E-state index < -0.39 is 0 Å². The number of aromatic amines is 1. The van der Waals surface area contributed by atoms with Gasteiger partial charge >= 0.3 is 0 Å². The van der Waals surface area contributed by atoms with Gasteiger partial charge in [-0.2, -0.15) is 0 Å². The Balaban J connectivity index is 2.88. The predicted octanol–water partition coefficient (Wildman–Crippen LogP) is 1.67. The summed E-state index contributed by atoms with van der Waals surface area (Å²) in [6.45, 7) is 1.99. The molecule has 2 nitrogen and oxygen atoms in total. The Hall–Kier alpha value is -1.31. The molecule has 0 saturated heterocycles. The van der Waals surface area contributed by atoms with Crippen LogP contribution in [0, 0.1) is 13.0 Å². The first-order chi connectivity index (χ1) is 4.86. The van der Waals surface area contributed by atoms with E-state index in [0.29, 0.717) is 0 Å². The molecule has 0 aliphatic heterocycles. The zero-order valence-corrected chi connectivity index (χ0v) is 5.68. The second-order valence-electron chi connectivity index (χ2n) is 2.30. The Morgan fingerprint density at radius 2 is 2.50 bits per heavy atom. The number of H-pyrrole nitrogens is 1. The van der Waals surface area contributed by atoms with Crippen molar-refractivity contribution in [3.05, 3.63) is 30.2 Å². The number of pyridine rings is 1. The fourth-order valence-corrected chi connectivity index (χ4v) is 1.04. The zero-order valence-electron chi connectivity index (χ0n) is 5.68. The Morgan fingerprint density at radius 1 is 1.60 bits per heavy atom. The lowest BCUT2D eigenvalue weighted by Crippen LogP contribution is -1.69. The van der Waals surface area contributed by atoms with Crippen LogP contribution >= 0.6 is 0 Å². The van der Waals surface area contributed by atoms with E-state index in [1.165, 1.54) is 0 Å². The van der Waals surface area contributed by atoms with Crippen LogP contribution in [0.1, 0.15) is 5.69 Å². The van der Waals surface area contributed by atoms with Crippen LogP contribution in [0.3, 0.4) is 0 Å². The average molecular weight is 131 g/mol. The summed E-state index contributed by atoms with van der Waals surface area (Å²) >= 11 is 0. The van der Waals surface area contributed by atoms with Gasteiger partial charge in [-0.05, 0) is 13.0 Å². The number of hydrogen-bond acceptors (Lipinski definition) is 1. The first-order valence-electron chi connectivity index (χ1n) is 3.18. The summed E-state index contributed by atoms with van der Waals surface area (Å²) in [4.78, 5) is 7.12. The van der Waals surface area contributed by atoms with E-state index in [2.05, 4.69) is 16.0 Å². The quantitative estimate of drug-likeness (QED) is 0.578. The summed E-state index contributed by atoms with van der Waals surface area (Å²) in [5.74, 6) is 0. The number of hydrogen-bond donors (Lipinski definition) is 1. The van der Waals surface area contributed by atoms with Crippen LogP contribution in [0.15, 0.2) is 18.5 Å². The van der Waals surface area contributed by atoms with Gasteiger partial charge < -0.3 is 4.98 Å². The van der Waals surface area contributed by atoms with Gasteiger partial charge in [-0.3, -0.25) is 4.98 Å². The van der Waals surface area contributed by atoms with Crippen LogP contribution in [-0.2, 0) is 0 Å². The minimum Gasteiger partial charge on any atom is -0.357 e. The van der Waals surface area contributed by atoms with Crippen LogP contribution in [0.2, 0.25) is 0 Å². The number of fused-ring (bicyclic) bond motifs is 1. The van der Waals surface area contributed by atoms with Gasteiger partial charge in [-0.15, -0.1) is 0 Å². The SMILES string of the molecule is Cc1[c]c2ccncc2[nH]1. The molecule has 0 fully saturated rings. The Labute approximate surface area is 58.9 Å². The molecule has 10 heavy (non-hydrogen) atoms. The first-order valence-corrected chi connectivity index (χ1v) is 3.18. The molecule has 0 aliphatic carbocycles. The lowest BCUT2D eigenvalue weighted by Gasteiger charge is -1.82. The molecule has 2 heteroatoms. The molecule has 0 amide bonds. The monoisotopic (exact) mass is 131 g/mol. The van der Waals surface area contributed by atoms with Gasteiger partial charge in [0.15, 0.2) is 0 Å². The van der Waals surface area contributed by atoms with Gasteiger partial charge in [0.2, 0.25) is 0 Å². The number of aromatic nitrogens is 2. The highest BCUT2D eigenvalue weighted by atomic mass is 14.7. The van der Waals surface area contributed by atoms with Gasteiger partial charge in [-0.25, -0.2) is 0 Å². The summed E-state index contributed by atoms with van der Waals surface area (Å²) in [6.07, 6.45) is 3.57. The first kappa shape index (κ1) is 5.47. The second kappa shape index (κ2) is 1.84. The second-order valence-corrected chi connectivity index (χ2v) is 2.30. The molecule has 0 spiro atoms. The lowest BCUT2D eigenvalue weighted by molar-refractivity contribution is 1.27. The van der Waals surface area contributed by atoms with Crippen molar-refractivity contribution in [2.45, 2.75) is 6.92 Å². The molecule has 2 aromatic heterocycles. The standard InChI is InChI=1S/C8H7N2/c1-6-4-7-2-3-9-5-8(7)10-6/h2-3,5,10H,1H3. The van der Waals surface area contributed by atoms with Gasteiger partial charge in [0.1, 0.15) is 0 Å². The number of aryl methyl sites for hydroxylation is 1. The van der Waals surface area contributed by atoms with Crippen molar-refractivity contribution in [2.24, 2.45) is 0 Å². The van der Waals surface area contributed by atoms with Crippen molar-refractivity contribution in [3.8, 4) is 0 Å². The molecule has 0 aliphatic rings. The Morgan fingerprint density at radius 3 is 3.30 bits per heavy atom. The topological polar surface area (TPSA) is 28.7 Å². The molecule has 1 N–H and O–H groups in total. The summed E-state index contributed by atoms with van der Waals surface area (Å²) in [5, 5.41) is 1.10. The maximum Gasteiger partial charge on any atom is 0.0648 e. The summed E-state index contributed by atoms with van der Waals surface area (Å²) in [7, 11) is 0. The molecule has 49 valence electrons. The molecule has 2 rings (SSSR count). The number of nitrogens with one attached hydrogen (secondary N) is 1. The summed E-state index contributed by atoms with van der Waals surface area (Å²) < 4.78 is 0. The van der Waals surface area contributed by atoms with E-state index in [1.807, 2.05) is 13.0 Å². The summed E-state index contributed by atoms with van der Waals surface area (Å²) in [5.41, 5.74) is 2.11. The maximum absolute atomic E-state index is 3.97. The van der Waals surface area contributed by atoms with Crippen LogP contribution < -0.4 is 0 Å². The molecule has 0 aromatic carbocycles. The third-order valence-corrected chi connectivity index (χ3v) is 1.47. The number of nitrogens with zero attached hydrogens (tertiary/aromatic N) is 1. The predicted molar refractivity (Wildman–Crippen MR) is 39.7 cm³/mol. The molecule has 1 radical (unpaired) electrons. The molecule has 2 aromatic rings. The largest absolute Gasteiger partial charge is 0.357 e. The molecular weight excluding hydrogens is 124 g/mol. The van der Waals surface area contributed by atoms with Crippen molar-refractivity contribution in [3.63, 3.8) is 0 Å². The zero-order chi connectivity index (χ0) is 6.97. The fraction of sp³-hybridized carbons (Fsp3) is 0.125. The van der Waals surface area contributed by atoms with E-state index in [4.69, 9.17) is 0 Å². The van der Waals surface area contributed by atoms with Gasteiger partial charge in [0.05, 0.1) is 11.7 Å². The Bertz CT molecular complexity index is 316. The van der Waals surface area contributed by atoms with E-state index >= 15 is 0 Å². The highest BCUT2D eigenvalue weighted by Crippen LogP contribution is 2.10. The van der Waals surface area contributed by atoms with Gasteiger partial charge in [0, 0.05) is 23.3 Å². The van der Waals surface area contributed by atoms with Crippen molar-refractivity contribution in [1.82, 2.24) is 9.97 Å². The van der Waals surface area contributed by atoms with Crippen LogP contribution in [0.25, 0.3) is 10.9 Å². The highest BCUT2D eigenvalue weighted by Gasteiger charge is 1.93. The van der Waals surface area contributed by atoms with Gasteiger partial charge in [-0.1, -0.05) is 0 Å². The van der Waals surface area contributed by atoms with Crippen molar-refractivity contribution in [2.75, 3.05) is 0 Å². The van der Waals surface area contributed by atoms with E-state index in [9.17, 15) is 0 Å². The normalized spacial score (nSPS) is 10.5. The molecule has 0 unspecified atom stereocenters. The van der Waals surface area contributed by atoms with Crippen molar-refractivity contribution in [1.29, 1.82) is 0 Å². The lowest BCUT2D eigenvalue weighted by atomic mass is 10.3. The molecule has 0 atom stereocenters. The Kier molecular flexibility index (Phi) is 1.01. The number of rotatable bonds is 0. The maximum atomic E-state index is 3.97. The van der Waals surface area contributed by atoms with E-state index in [0.717, 1.165) is 16.6 Å². The van der Waals surface area contributed by atoms with Crippen LogP contribution in [0.4, 0.5) is 0 Å². The van der Waals surface area contributed by atoms with Crippen molar-refractivity contribution < 1.29 is 0 Å². The summed E-state index contributed by atoms with van der Waals surface area (Å²) in [6, 6.07) is 5.11. The van der Waals surface area contributed by atoms with Crippen molar-refractivity contribution >= 4 is 10.9 Å². The smallest absolute Gasteiger partial charge is 0.0648 e. The third-order valence-electron chi connectivity index (χ3n) is 1.47. The molecule has 0 saturated carbocycles. The highest BCUT2D eigenvalue weighted by molar-refractivity contribution is 5.78. The third kappa shape index (κ3) is 0.692. The molecule has 0 bridgehead atoms. The van der Waals surface area contributed by atoms with E-state index in [1.54, 1.807) is 12.4 Å². The van der Waals surface area contributed by atoms with Crippen LogP contribution in [0.5, 0.6) is 0 Å². The van der Waals surface area contributed by atoms with Gasteiger partial charge in [0.25, 0.3) is 0 Å². The van der Waals surface area contributed by atoms with E-state index in [-0.39, 0.29) is 0 Å². The minimum absolute atomic E-state index is 1.06. The molecular formula is C8H7N2. The fourth-order valence-electron chi connectivity index (χ4n) is 1.04. The molecule has 2 heterocycles. The minimum atomic E-state index is 1.06. The van der Waals surface area contributed by atoms with Crippen LogP contribution in [-0.4, -0.2) is 9.97 Å².